The molecule has 0 aliphatic heterocycles. The number of amides is 1. The van der Waals surface area contributed by atoms with Gasteiger partial charge in [-0.3, -0.25) is 4.79 Å². The van der Waals surface area contributed by atoms with Crippen LogP contribution in [0.25, 0.3) is 0 Å². The second-order valence-electron chi connectivity index (χ2n) is 6.23. The molecule has 0 aromatic heterocycles. The van der Waals surface area contributed by atoms with Gasteiger partial charge in [0.1, 0.15) is 10.6 Å². The molecule has 1 aromatic carbocycles. The lowest BCUT2D eigenvalue weighted by Gasteiger charge is -2.31. The van der Waals surface area contributed by atoms with E-state index in [-0.39, 0.29) is 22.6 Å². The fourth-order valence-electron chi connectivity index (χ4n) is 2.35. The Morgan fingerprint density at radius 2 is 1.79 bits per heavy atom. The largest absolute Gasteiger partial charge is 0.495 e. The monoisotopic (exact) mass is 356 g/mol. The Labute approximate surface area is 145 Å². The maximum atomic E-state index is 12.8. The molecule has 0 N–H and O–H groups in total. The molecule has 0 saturated heterocycles. The maximum absolute atomic E-state index is 12.8. The minimum absolute atomic E-state index is 0.00546. The summed E-state index contributed by atoms with van der Waals surface area (Å²) in [5.74, 6) is 0.342. The Hall–Kier alpha value is -1.60. The van der Waals surface area contributed by atoms with Gasteiger partial charge in [-0.1, -0.05) is 13.8 Å². The van der Waals surface area contributed by atoms with E-state index in [2.05, 4.69) is 13.8 Å². The van der Waals surface area contributed by atoms with E-state index in [0.717, 1.165) is 4.31 Å². The van der Waals surface area contributed by atoms with E-state index in [4.69, 9.17) is 4.74 Å². The molecule has 6 nitrogen and oxygen atoms in total. The van der Waals surface area contributed by atoms with Crippen molar-refractivity contribution in [3.63, 3.8) is 0 Å². The van der Waals surface area contributed by atoms with Crippen LogP contribution in [-0.4, -0.2) is 57.3 Å². The van der Waals surface area contributed by atoms with Crippen molar-refractivity contribution in [2.75, 3.05) is 27.7 Å². The van der Waals surface area contributed by atoms with E-state index in [1.54, 1.807) is 11.0 Å². The minimum Gasteiger partial charge on any atom is -0.495 e. The summed E-state index contributed by atoms with van der Waals surface area (Å²) >= 11 is 0. The van der Waals surface area contributed by atoms with Gasteiger partial charge in [0, 0.05) is 32.2 Å². The zero-order chi connectivity index (χ0) is 18.7. The number of hydrogen-bond acceptors (Lipinski definition) is 4. The van der Waals surface area contributed by atoms with Crippen LogP contribution in [0.2, 0.25) is 0 Å². The van der Waals surface area contributed by atoms with Crippen LogP contribution in [-0.2, 0) is 10.0 Å². The summed E-state index contributed by atoms with van der Waals surface area (Å²) in [4.78, 5) is 14.6. The SMILES string of the molecule is CCN(C(=O)c1ccc(OC)c(S(=O)(=O)N(C)C)c1)C(C)C(C)C. The van der Waals surface area contributed by atoms with Crippen molar-refractivity contribution in [1.82, 2.24) is 9.21 Å². The Bertz CT molecular complexity index is 684. The molecular weight excluding hydrogens is 328 g/mol. The van der Waals surface area contributed by atoms with E-state index in [0.29, 0.717) is 18.0 Å². The van der Waals surface area contributed by atoms with Crippen LogP contribution in [0, 0.1) is 5.92 Å². The number of ether oxygens (including phenoxy) is 1. The van der Waals surface area contributed by atoms with Gasteiger partial charge in [0.25, 0.3) is 5.91 Å². The number of sulfonamides is 1. The van der Waals surface area contributed by atoms with Crippen molar-refractivity contribution in [2.24, 2.45) is 5.92 Å². The van der Waals surface area contributed by atoms with Crippen LogP contribution in [0.4, 0.5) is 0 Å². The van der Waals surface area contributed by atoms with Gasteiger partial charge in [-0.05, 0) is 38.0 Å². The minimum atomic E-state index is -3.71. The number of carbonyl (C=O) groups excluding carboxylic acids is 1. The van der Waals surface area contributed by atoms with Crippen LogP contribution >= 0.6 is 0 Å². The number of methoxy groups -OCH3 is 1. The first kappa shape index (κ1) is 20.4. The van der Waals surface area contributed by atoms with Crippen molar-refractivity contribution in [2.45, 2.75) is 38.6 Å². The molecule has 1 amide bonds. The molecule has 0 heterocycles. The second kappa shape index (κ2) is 7.98. The Balaban J connectivity index is 3.39. The van der Waals surface area contributed by atoms with E-state index >= 15 is 0 Å². The molecule has 7 heteroatoms. The summed E-state index contributed by atoms with van der Waals surface area (Å²) in [6.45, 7) is 8.57. The van der Waals surface area contributed by atoms with Crippen LogP contribution in [0.1, 0.15) is 38.1 Å². The summed E-state index contributed by atoms with van der Waals surface area (Å²) in [6.07, 6.45) is 0. The molecular formula is C17H28N2O4S. The highest BCUT2D eigenvalue weighted by atomic mass is 32.2. The average molecular weight is 356 g/mol. The van der Waals surface area contributed by atoms with Crippen molar-refractivity contribution in [3.8, 4) is 5.75 Å². The summed E-state index contributed by atoms with van der Waals surface area (Å²) in [5.41, 5.74) is 0.338. The third kappa shape index (κ3) is 4.08. The zero-order valence-electron chi connectivity index (χ0n) is 15.5. The molecule has 1 rings (SSSR count). The second-order valence-corrected chi connectivity index (χ2v) is 8.35. The van der Waals surface area contributed by atoms with Gasteiger partial charge in [0.2, 0.25) is 10.0 Å². The Morgan fingerprint density at radius 3 is 2.21 bits per heavy atom. The summed E-state index contributed by atoms with van der Waals surface area (Å²) < 4.78 is 31.2. The molecule has 1 aromatic rings. The quantitative estimate of drug-likeness (QED) is 0.753. The topological polar surface area (TPSA) is 66.9 Å². The summed E-state index contributed by atoms with van der Waals surface area (Å²) in [7, 11) is 0.594. The smallest absolute Gasteiger partial charge is 0.254 e. The normalized spacial score (nSPS) is 13.2. The molecule has 0 radical (unpaired) electrons. The van der Waals surface area contributed by atoms with Gasteiger partial charge in [0.05, 0.1) is 7.11 Å². The van der Waals surface area contributed by atoms with Gasteiger partial charge in [-0.2, -0.15) is 0 Å². The van der Waals surface area contributed by atoms with Crippen molar-refractivity contribution >= 4 is 15.9 Å². The molecule has 0 bridgehead atoms. The third-order valence-corrected chi connectivity index (χ3v) is 6.06. The molecule has 1 atom stereocenters. The van der Waals surface area contributed by atoms with E-state index < -0.39 is 10.0 Å². The molecule has 24 heavy (non-hydrogen) atoms. The molecule has 0 saturated carbocycles. The first-order valence-corrected chi connectivity index (χ1v) is 9.43. The predicted molar refractivity (Wildman–Crippen MR) is 94.9 cm³/mol. The Kier molecular flexibility index (Phi) is 6.80. The van der Waals surface area contributed by atoms with Gasteiger partial charge in [-0.25, -0.2) is 12.7 Å². The Morgan fingerprint density at radius 1 is 1.21 bits per heavy atom. The molecule has 1 unspecified atom stereocenters. The van der Waals surface area contributed by atoms with Crippen molar-refractivity contribution in [3.05, 3.63) is 23.8 Å². The highest BCUT2D eigenvalue weighted by molar-refractivity contribution is 7.89. The summed E-state index contributed by atoms with van der Waals surface area (Å²) in [5, 5.41) is 0. The van der Waals surface area contributed by atoms with E-state index in [9.17, 15) is 13.2 Å². The van der Waals surface area contributed by atoms with Crippen molar-refractivity contribution < 1.29 is 17.9 Å². The molecule has 0 aliphatic rings. The van der Waals surface area contributed by atoms with E-state index in [1.165, 1.54) is 33.3 Å². The van der Waals surface area contributed by atoms with Gasteiger partial charge in [-0.15, -0.1) is 0 Å². The fourth-order valence-corrected chi connectivity index (χ4v) is 3.43. The number of benzene rings is 1. The predicted octanol–water partition coefficient (Wildman–Crippen LogP) is 2.45. The number of hydrogen-bond donors (Lipinski definition) is 0. The standard InChI is InChI=1S/C17H28N2O4S/c1-8-19(13(4)12(2)3)17(20)14-9-10-15(23-7)16(11-14)24(21,22)18(5)6/h9-13H,8H2,1-7H3. The molecule has 136 valence electrons. The van der Waals surface area contributed by atoms with Crippen LogP contribution in [0.15, 0.2) is 23.1 Å². The zero-order valence-corrected chi connectivity index (χ0v) is 16.3. The van der Waals surface area contributed by atoms with Gasteiger partial charge < -0.3 is 9.64 Å². The molecule has 0 fully saturated rings. The van der Waals surface area contributed by atoms with Crippen LogP contribution in [0.3, 0.4) is 0 Å². The third-order valence-electron chi connectivity index (χ3n) is 4.23. The lowest BCUT2D eigenvalue weighted by Crippen LogP contribution is -2.41. The van der Waals surface area contributed by atoms with Gasteiger partial charge in [0.15, 0.2) is 0 Å². The first-order valence-electron chi connectivity index (χ1n) is 7.99. The highest BCUT2D eigenvalue weighted by Crippen LogP contribution is 2.28. The molecule has 0 aliphatic carbocycles. The fraction of sp³-hybridized carbons (Fsp3) is 0.588. The number of nitrogens with zero attached hydrogens (tertiary/aromatic N) is 2. The molecule has 0 spiro atoms. The number of rotatable bonds is 7. The number of carbonyl (C=O) groups is 1. The van der Waals surface area contributed by atoms with Gasteiger partial charge >= 0.3 is 0 Å². The van der Waals surface area contributed by atoms with Crippen molar-refractivity contribution in [1.29, 1.82) is 0 Å². The van der Waals surface area contributed by atoms with Crippen LogP contribution in [0.5, 0.6) is 5.75 Å². The summed E-state index contributed by atoms with van der Waals surface area (Å²) in [6, 6.07) is 4.58. The lowest BCUT2D eigenvalue weighted by atomic mass is 10.0. The van der Waals surface area contributed by atoms with E-state index in [1.807, 2.05) is 13.8 Å². The average Bonchev–Trinajstić information content (AvgIpc) is 2.54. The lowest BCUT2D eigenvalue weighted by molar-refractivity contribution is 0.0660. The first-order chi connectivity index (χ1) is 11.1. The maximum Gasteiger partial charge on any atom is 0.254 e. The van der Waals surface area contributed by atoms with Crippen LogP contribution < -0.4 is 4.74 Å². The highest BCUT2D eigenvalue weighted by Gasteiger charge is 2.27.